The molecule has 2 aromatic heterocycles. The number of imidazole rings is 1. The fourth-order valence-corrected chi connectivity index (χ4v) is 3.02. The number of carbonyl (C=O) groups excluding carboxylic acids is 1. The smallest absolute Gasteiger partial charge is 0.329 e. The maximum absolute atomic E-state index is 12.9. The Balaban J connectivity index is 1.65. The van der Waals surface area contributed by atoms with E-state index in [4.69, 9.17) is 0 Å². The van der Waals surface area contributed by atoms with Gasteiger partial charge in [-0.2, -0.15) is 0 Å². The summed E-state index contributed by atoms with van der Waals surface area (Å²) in [7, 11) is 0. The molecular formula is C19H20N4O2. The molecule has 6 heteroatoms. The molecule has 0 radical (unpaired) electrons. The summed E-state index contributed by atoms with van der Waals surface area (Å²) in [5.41, 5.74) is 2.33. The molecule has 1 saturated carbocycles. The van der Waals surface area contributed by atoms with E-state index in [1.165, 1.54) is 17.4 Å². The highest BCUT2D eigenvalue weighted by Crippen LogP contribution is 2.27. The van der Waals surface area contributed by atoms with E-state index in [1.807, 2.05) is 36.4 Å². The van der Waals surface area contributed by atoms with E-state index in [-0.39, 0.29) is 18.1 Å². The van der Waals surface area contributed by atoms with E-state index in [1.54, 1.807) is 17.0 Å². The summed E-state index contributed by atoms with van der Waals surface area (Å²) in [5, 5.41) is 2.92. The Hall–Kier alpha value is -2.89. The van der Waals surface area contributed by atoms with Crippen molar-refractivity contribution in [2.24, 2.45) is 5.92 Å². The molecule has 4 rings (SSSR count). The Morgan fingerprint density at radius 3 is 2.68 bits per heavy atom. The first-order valence-corrected chi connectivity index (χ1v) is 8.56. The van der Waals surface area contributed by atoms with Gasteiger partial charge in [0.05, 0.1) is 23.8 Å². The van der Waals surface area contributed by atoms with Gasteiger partial charge in [-0.15, -0.1) is 0 Å². The zero-order chi connectivity index (χ0) is 17.2. The van der Waals surface area contributed by atoms with Gasteiger partial charge in [-0.05, 0) is 30.4 Å². The van der Waals surface area contributed by atoms with Crippen LogP contribution in [0.3, 0.4) is 0 Å². The van der Waals surface area contributed by atoms with Gasteiger partial charge < -0.3 is 5.32 Å². The van der Waals surface area contributed by atoms with E-state index in [2.05, 4.69) is 10.3 Å². The summed E-state index contributed by atoms with van der Waals surface area (Å²) >= 11 is 0. The Morgan fingerprint density at radius 1 is 1.12 bits per heavy atom. The van der Waals surface area contributed by atoms with Crippen LogP contribution in [0.4, 0.5) is 0 Å². The van der Waals surface area contributed by atoms with Crippen molar-refractivity contribution >= 4 is 16.9 Å². The third kappa shape index (κ3) is 3.33. The average molecular weight is 336 g/mol. The highest BCUT2D eigenvalue weighted by molar-refractivity contribution is 5.80. The molecule has 3 aromatic rings. The maximum atomic E-state index is 12.9. The van der Waals surface area contributed by atoms with E-state index in [0.717, 1.165) is 11.1 Å². The standard InChI is InChI=1S/C19H20N4O2/c24-18(21-10-14-6-7-14)13-23-17-11-20-9-8-16(17)22(19(23)25)12-15-4-2-1-3-5-15/h1-5,8-9,11,14H,6-7,10,12-13H2,(H,21,24). The quantitative estimate of drug-likeness (QED) is 0.746. The molecule has 128 valence electrons. The van der Waals surface area contributed by atoms with Crippen LogP contribution in [0.25, 0.3) is 11.0 Å². The normalized spacial score (nSPS) is 13.9. The predicted molar refractivity (Wildman–Crippen MR) is 95.3 cm³/mol. The maximum Gasteiger partial charge on any atom is 0.329 e. The number of hydrogen-bond donors (Lipinski definition) is 1. The molecule has 0 saturated heterocycles. The van der Waals surface area contributed by atoms with Crippen molar-refractivity contribution in [2.45, 2.75) is 25.9 Å². The number of rotatable bonds is 6. The summed E-state index contributed by atoms with van der Waals surface area (Å²) in [4.78, 5) is 29.2. The average Bonchev–Trinajstić information content (AvgIpc) is 3.44. The van der Waals surface area contributed by atoms with Crippen LogP contribution in [0.2, 0.25) is 0 Å². The first-order chi connectivity index (χ1) is 12.2. The van der Waals surface area contributed by atoms with Crippen molar-refractivity contribution in [1.82, 2.24) is 19.4 Å². The largest absolute Gasteiger partial charge is 0.354 e. The summed E-state index contributed by atoms with van der Waals surface area (Å²) in [6.07, 6.45) is 5.67. The van der Waals surface area contributed by atoms with E-state index in [0.29, 0.717) is 24.5 Å². The first-order valence-electron chi connectivity index (χ1n) is 8.56. The fourth-order valence-electron chi connectivity index (χ4n) is 3.02. The summed E-state index contributed by atoms with van der Waals surface area (Å²) in [5.74, 6) is 0.485. The van der Waals surface area contributed by atoms with Gasteiger partial charge in [-0.25, -0.2) is 4.79 Å². The molecule has 0 unspecified atom stereocenters. The van der Waals surface area contributed by atoms with Crippen LogP contribution in [0, 0.1) is 5.92 Å². The highest BCUT2D eigenvalue weighted by Gasteiger charge is 2.22. The highest BCUT2D eigenvalue weighted by atomic mass is 16.2. The monoisotopic (exact) mass is 336 g/mol. The molecule has 1 fully saturated rings. The molecule has 6 nitrogen and oxygen atoms in total. The minimum atomic E-state index is -0.187. The molecule has 0 aliphatic heterocycles. The van der Waals surface area contributed by atoms with Crippen molar-refractivity contribution in [1.29, 1.82) is 0 Å². The third-order valence-corrected chi connectivity index (χ3v) is 4.59. The molecule has 2 heterocycles. The van der Waals surface area contributed by atoms with Crippen LogP contribution in [-0.2, 0) is 17.9 Å². The van der Waals surface area contributed by atoms with Gasteiger partial charge in [0.1, 0.15) is 6.54 Å². The van der Waals surface area contributed by atoms with Crippen molar-refractivity contribution in [3.05, 3.63) is 64.8 Å². The topological polar surface area (TPSA) is 68.9 Å². The second kappa shape index (κ2) is 6.55. The lowest BCUT2D eigenvalue weighted by Crippen LogP contribution is -2.34. The third-order valence-electron chi connectivity index (χ3n) is 4.59. The molecule has 1 aliphatic rings. The van der Waals surface area contributed by atoms with Crippen molar-refractivity contribution < 1.29 is 4.79 Å². The van der Waals surface area contributed by atoms with Crippen LogP contribution in [0.5, 0.6) is 0 Å². The van der Waals surface area contributed by atoms with Crippen molar-refractivity contribution in [3.8, 4) is 0 Å². The van der Waals surface area contributed by atoms with E-state index in [9.17, 15) is 9.59 Å². The number of pyridine rings is 1. The van der Waals surface area contributed by atoms with Gasteiger partial charge in [0.25, 0.3) is 0 Å². The molecular weight excluding hydrogens is 316 g/mol. The van der Waals surface area contributed by atoms with Crippen LogP contribution in [0.1, 0.15) is 18.4 Å². The molecule has 0 atom stereocenters. The predicted octanol–water partition coefficient (Wildman–Crippen LogP) is 1.77. The Labute approximate surface area is 145 Å². The van der Waals surface area contributed by atoms with Crippen LogP contribution < -0.4 is 11.0 Å². The zero-order valence-electron chi connectivity index (χ0n) is 13.9. The lowest BCUT2D eigenvalue weighted by atomic mass is 10.2. The van der Waals surface area contributed by atoms with Gasteiger partial charge in [0, 0.05) is 12.7 Å². The van der Waals surface area contributed by atoms with Crippen molar-refractivity contribution in [2.75, 3.05) is 6.54 Å². The van der Waals surface area contributed by atoms with Gasteiger partial charge in [-0.3, -0.25) is 18.9 Å². The van der Waals surface area contributed by atoms with Crippen LogP contribution in [-0.4, -0.2) is 26.6 Å². The first kappa shape index (κ1) is 15.6. The molecule has 1 aromatic carbocycles. The molecule has 1 aliphatic carbocycles. The van der Waals surface area contributed by atoms with Crippen LogP contribution in [0.15, 0.2) is 53.6 Å². The second-order valence-corrected chi connectivity index (χ2v) is 6.55. The number of benzene rings is 1. The number of nitrogens with zero attached hydrogens (tertiary/aromatic N) is 3. The molecule has 1 amide bonds. The van der Waals surface area contributed by atoms with E-state index < -0.39 is 0 Å². The zero-order valence-corrected chi connectivity index (χ0v) is 13.9. The van der Waals surface area contributed by atoms with Gasteiger partial charge >= 0.3 is 5.69 Å². The van der Waals surface area contributed by atoms with E-state index >= 15 is 0 Å². The molecule has 25 heavy (non-hydrogen) atoms. The van der Waals surface area contributed by atoms with Crippen molar-refractivity contribution in [3.63, 3.8) is 0 Å². The lowest BCUT2D eigenvalue weighted by Gasteiger charge is -2.05. The minimum Gasteiger partial charge on any atom is -0.354 e. The lowest BCUT2D eigenvalue weighted by molar-refractivity contribution is -0.121. The van der Waals surface area contributed by atoms with Gasteiger partial charge in [0.2, 0.25) is 5.91 Å². The number of fused-ring (bicyclic) bond motifs is 1. The van der Waals surface area contributed by atoms with Crippen LogP contribution >= 0.6 is 0 Å². The Morgan fingerprint density at radius 2 is 1.92 bits per heavy atom. The number of amides is 1. The Kier molecular flexibility index (Phi) is 4.09. The fraction of sp³-hybridized carbons (Fsp3) is 0.316. The molecule has 0 spiro atoms. The van der Waals surface area contributed by atoms with Gasteiger partial charge in [-0.1, -0.05) is 30.3 Å². The summed E-state index contributed by atoms with van der Waals surface area (Å²) < 4.78 is 3.20. The summed E-state index contributed by atoms with van der Waals surface area (Å²) in [6, 6.07) is 11.6. The number of aromatic nitrogens is 3. The number of carbonyl (C=O) groups is 1. The second-order valence-electron chi connectivity index (χ2n) is 6.55. The minimum absolute atomic E-state index is 0.0233. The number of nitrogens with one attached hydrogen (secondary N) is 1. The molecule has 1 N–H and O–H groups in total. The molecule has 0 bridgehead atoms. The number of hydrogen-bond acceptors (Lipinski definition) is 3. The summed E-state index contributed by atoms with van der Waals surface area (Å²) in [6.45, 7) is 1.20. The Bertz CT molecular complexity index is 954. The SMILES string of the molecule is O=C(Cn1c(=O)n(Cc2ccccc2)c2ccncc21)NCC1CC1. The van der Waals surface area contributed by atoms with Gasteiger partial charge in [0.15, 0.2) is 0 Å².